The van der Waals surface area contributed by atoms with Crippen molar-refractivity contribution in [3.8, 4) is 0 Å². The quantitative estimate of drug-likeness (QED) is 0.629. The van der Waals surface area contributed by atoms with Gasteiger partial charge in [-0.1, -0.05) is 6.92 Å². The van der Waals surface area contributed by atoms with Gasteiger partial charge in [-0.2, -0.15) is 11.8 Å². The Labute approximate surface area is 104 Å². The Morgan fingerprint density at radius 3 is 2.88 bits per heavy atom. The Bertz CT molecular complexity index is 401. The third kappa shape index (κ3) is 4.32. The third-order valence-corrected chi connectivity index (χ3v) is 3.62. The van der Waals surface area contributed by atoms with Crippen LogP contribution in [0.5, 0.6) is 0 Å². The maximum absolute atomic E-state index is 13.0. The van der Waals surface area contributed by atoms with Gasteiger partial charge in [-0.3, -0.25) is 10.1 Å². The highest BCUT2D eigenvalue weighted by Crippen LogP contribution is 2.26. The Kier molecular flexibility index (Phi) is 5.37. The van der Waals surface area contributed by atoms with Crippen molar-refractivity contribution in [3.63, 3.8) is 0 Å². The van der Waals surface area contributed by atoms with E-state index in [0.29, 0.717) is 23.1 Å². The van der Waals surface area contributed by atoms with Crippen LogP contribution in [0.4, 0.5) is 10.1 Å². The van der Waals surface area contributed by atoms with E-state index in [1.54, 1.807) is 11.8 Å². The van der Waals surface area contributed by atoms with Crippen molar-refractivity contribution in [1.82, 2.24) is 0 Å². The summed E-state index contributed by atoms with van der Waals surface area (Å²) in [5, 5.41) is 11.1. The first-order valence-electron chi connectivity index (χ1n) is 5.29. The van der Waals surface area contributed by atoms with E-state index in [2.05, 4.69) is 0 Å². The Hall–Kier alpha value is -1.14. The third-order valence-electron chi connectivity index (χ3n) is 2.33. The minimum Gasteiger partial charge on any atom is -0.330 e. The zero-order chi connectivity index (χ0) is 12.8. The second-order valence-corrected chi connectivity index (χ2v) is 5.16. The van der Waals surface area contributed by atoms with Crippen LogP contribution in [0.3, 0.4) is 0 Å². The van der Waals surface area contributed by atoms with E-state index in [1.165, 1.54) is 12.1 Å². The molecular formula is C11H15FN2O2S. The van der Waals surface area contributed by atoms with Gasteiger partial charge in [0.25, 0.3) is 5.69 Å². The van der Waals surface area contributed by atoms with Gasteiger partial charge in [0.05, 0.1) is 4.92 Å². The summed E-state index contributed by atoms with van der Waals surface area (Å²) in [6, 6.07) is 3.54. The molecule has 0 fully saturated rings. The van der Waals surface area contributed by atoms with Crippen LogP contribution >= 0.6 is 11.8 Å². The first-order chi connectivity index (χ1) is 8.04. The van der Waals surface area contributed by atoms with Crippen LogP contribution in [0.2, 0.25) is 0 Å². The fourth-order valence-corrected chi connectivity index (χ4v) is 2.40. The Morgan fingerprint density at radius 1 is 1.59 bits per heavy atom. The van der Waals surface area contributed by atoms with Crippen molar-refractivity contribution < 1.29 is 9.31 Å². The van der Waals surface area contributed by atoms with E-state index >= 15 is 0 Å². The molecule has 0 radical (unpaired) electrons. The number of nitrogens with zero attached hydrogens (tertiary/aromatic N) is 1. The normalized spacial score (nSPS) is 12.4. The predicted octanol–water partition coefficient (Wildman–Crippen LogP) is 2.70. The molecule has 0 saturated heterocycles. The number of thioether (sulfide) groups is 1. The lowest BCUT2D eigenvalue weighted by Crippen LogP contribution is -2.07. The monoisotopic (exact) mass is 258 g/mol. The molecule has 0 aliphatic heterocycles. The molecule has 6 heteroatoms. The average Bonchev–Trinajstić information content (AvgIpc) is 2.26. The van der Waals surface area contributed by atoms with Gasteiger partial charge in [-0.05, 0) is 25.1 Å². The molecule has 94 valence electrons. The van der Waals surface area contributed by atoms with Gasteiger partial charge in [0, 0.05) is 22.6 Å². The van der Waals surface area contributed by atoms with Crippen LogP contribution in [-0.4, -0.2) is 16.7 Å². The van der Waals surface area contributed by atoms with Gasteiger partial charge in [-0.25, -0.2) is 4.39 Å². The maximum Gasteiger partial charge on any atom is 0.273 e. The largest absolute Gasteiger partial charge is 0.330 e. The number of rotatable bonds is 6. The molecule has 2 N–H and O–H groups in total. The molecule has 0 amide bonds. The van der Waals surface area contributed by atoms with Crippen molar-refractivity contribution in [1.29, 1.82) is 0 Å². The minimum absolute atomic E-state index is 0.0288. The smallest absolute Gasteiger partial charge is 0.273 e. The predicted molar refractivity (Wildman–Crippen MR) is 67.5 cm³/mol. The molecule has 1 unspecified atom stereocenters. The van der Waals surface area contributed by atoms with Gasteiger partial charge in [0.15, 0.2) is 0 Å². The van der Waals surface area contributed by atoms with Gasteiger partial charge in [-0.15, -0.1) is 0 Å². The molecule has 4 nitrogen and oxygen atoms in total. The summed E-state index contributed by atoms with van der Waals surface area (Å²) < 4.78 is 13.0. The van der Waals surface area contributed by atoms with Crippen LogP contribution in [0, 0.1) is 15.9 Å². The van der Waals surface area contributed by atoms with Crippen LogP contribution in [0.1, 0.15) is 18.9 Å². The zero-order valence-electron chi connectivity index (χ0n) is 9.56. The van der Waals surface area contributed by atoms with Gasteiger partial charge < -0.3 is 5.73 Å². The molecule has 0 heterocycles. The van der Waals surface area contributed by atoms with Crippen molar-refractivity contribution in [2.24, 2.45) is 5.73 Å². The molecule has 0 saturated carbocycles. The van der Waals surface area contributed by atoms with E-state index in [-0.39, 0.29) is 5.69 Å². The lowest BCUT2D eigenvalue weighted by molar-refractivity contribution is -0.385. The fraction of sp³-hybridized carbons (Fsp3) is 0.455. The standard InChI is InChI=1S/C11H15FN2O2S/c1-8(4-5-13)17-7-9-6-10(12)2-3-11(9)14(15)16/h2-3,6,8H,4-5,7,13H2,1H3. The molecule has 1 aromatic carbocycles. The number of nitrogens with two attached hydrogens (primary N) is 1. The highest BCUT2D eigenvalue weighted by molar-refractivity contribution is 7.99. The summed E-state index contributed by atoms with van der Waals surface area (Å²) in [6.07, 6.45) is 0.841. The number of nitro benzene ring substituents is 1. The molecule has 0 spiro atoms. The summed E-state index contributed by atoms with van der Waals surface area (Å²) in [7, 11) is 0. The van der Waals surface area contributed by atoms with E-state index in [4.69, 9.17) is 5.73 Å². The van der Waals surface area contributed by atoms with Crippen molar-refractivity contribution in [2.45, 2.75) is 24.3 Å². The molecule has 1 atom stereocenters. The molecule has 17 heavy (non-hydrogen) atoms. The van der Waals surface area contributed by atoms with Crippen molar-refractivity contribution >= 4 is 17.4 Å². The summed E-state index contributed by atoms with van der Waals surface area (Å²) in [4.78, 5) is 10.3. The number of hydrogen-bond donors (Lipinski definition) is 1. The first-order valence-corrected chi connectivity index (χ1v) is 6.34. The van der Waals surface area contributed by atoms with Gasteiger partial charge in [0.1, 0.15) is 5.82 Å². The van der Waals surface area contributed by atoms with E-state index in [9.17, 15) is 14.5 Å². The SMILES string of the molecule is CC(CCN)SCc1cc(F)ccc1[N+](=O)[O-]. The van der Waals surface area contributed by atoms with Crippen molar-refractivity contribution in [3.05, 3.63) is 39.7 Å². The van der Waals surface area contributed by atoms with Crippen LogP contribution in [0.25, 0.3) is 0 Å². The molecule has 0 aliphatic carbocycles. The molecule has 1 rings (SSSR count). The summed E-state index contributed by atoms with van der Waals surface area (Å²) in [6.45, 7) is 2.59. The van der Waals surface area contributed by atoms with Crippen LogP contribution in [0.15, 0.2) is 18.2 Å². The zero-order valence-corrected chi connectivity index (χ0v) is 10.4. The number of benzene rings is 1. The van der Waals surface area contributed by atoms with E-state index in [1.807, 2.05) is 6.92 Å². The lowest BCUT2D eigenvalue weighted by Gasteiger charge is -2.09. The first kappa shape index (κ1) is 13.9. The fourth-order valence-electron chi connectivity index (χ4n) is 1.40. The van der Waals surface area contributed by atoms with Crippen LogP contribution in [-0.2, 0) is 5.75 Å². The molecule has 0 bridgehead atoms. The number of halogens is 1. The Morgan fingerprint density at radius 2 is 2.29 bits per heavy atom. The van der Waals surface area contributed by atoms with Crippen LogP contribution < -0.4 is 5.73 Å². The molecule has 0 aliphatic rings. The highest BCUT2D eigenvalue weighted by Gasteiger charge is 2.15. The summed E-state index contributed by atoms with van der Waals surface area (Å²) in [5.41, 5.74) is 5.81. The number of nitro groups is 1. The second kappa shape index (κ2) is 6.56. The maximum atomic E-state index is 13.0. The lowest BCUT2D eigenvalue weighted by atomic mass is 10.2. The molecular weight excluding hydrogens is 243 g/mol. The number of hydrogen-bond acceptors (Lipinski definition) is 4. The second-order valence-electron chi connectivity index (χ2n) is 3.73. The summed E-state index contributed by atoms with van der Waals surface area (Å²) >= 11 is 1.54. The Balaban J connectivity index is 2.75. The average molecular weight is 258 g/mol. The summed E-state index contributed by atoms with van der Waals surface area (Å²) in [5.74, 6) is -0.0208. The molecule has 0 aromatic heterocycles. The van der Waals surface area contributed by atoms with Crippen molar-refractivity contribution in [2.75, 3.05) is 6.54 Å². The van der Waals surface area contributed by atoms with E-state index < -0.39 is 10.7 Å². The minimum atomic E-state index is -0.483. The highest BCUT2D eigenvalue weighted by atomic mass is 32.2. The van der Waals surface area contributed by atoms with Gasteiger partial charge >= 0.3 is 0 Å². The topological polar surface area (TPSA) is 69.2 Å². The molecule has 1 aromatic rings. The van der Waals surface area contributed by atoms with Gasteiger partial charge in [0.2, 0.25) is 0 Å². The van der Waals surface area contributed by atoms with E-state index in [0.717, 1.165) is 12.5 Å².